The Balaban J connectivity index is 3.93. The number of primary amides is 1. The summed E-state index contributed by atoms with van der Waals surface area (Å²) >= 11 is 0. The largest absolute Gasteiger partial charge is 0.351 e. The second-order valence-corrected chi connectivity index (χ2v) is 2.75. The summed E-state index contributed by atoms with van der Waals surface area (Å²) in [5.74, 6) is -0.339. The van der Waals surface area contributed by atoms with E-state index < -0.39 is 6.03 Å². The lowest BCUT2D eigenvalue weighted by Crippen LogP contribution is -2.38. The third-order valence-electron chi connectivity index (χ3n) is 1.75. The van der Waals surface area contributed by atoms with Gasteiger partial charge in [0, 0.05) is 5.92 Å². The first-order chi connectivity index (χ1) is 5.61. The van der Waals surface area contributed by atoms with E-state index in [0.29, 0.717) is 0 Å². The zero-order valence-electron chi connectivity index (χ0n) is 7.59. The Hall–Kier alpha value is -1.06. The molecule has 4 nitrogen and oxygen atoms in total. The number of nitrogens with two attached hydrogens (primary N) is 1. The van der Waals surface area contributed by atoms with E-state index in [1.807, 2.05) is 13.8 Å². The van der Waals surface area contributed by atoms with Crippen LogP contribution in [0, 0.1) is 5.92 Å². The maximum Gasteiger partial charge on any atom is 0.318 e. The van der Waals surface area contributed by atoms with Gasteiger partial charge in [0.25, 0.3) is 0 Å². The van der Waals surface area contributed by atoms with Crippen molar-refractivity contribution in [2.75, 3.05) is 0 Å². The van der Waals surface area contributed by atoms with Crippen molar-refractivity contribution in [3.63, 3.8) is 0 Å². The molecule has 0 radical (unpaired) electrons. The third kappa shape index (κ3) is 3.95. The topological polar surface area (TPSA) is 72.2 Å². The Morgan fingerprint density at radius 1 is 1.42 bits per heavy atom. The molecular weight excluding hydrogens is 156 g/mol. The van der Waals surface area contributed by atoms with Crippen molar-refractivity contribution in [3.8, 4) is 0 Å². The number of urea groups is 1. The SMILES string of the molecule is CCCC(CC)C(=O)NC(N)=O. The molecule has 0 aliphatic carbocycles. The van der Waals surface area contributed by atoms with E-state index in [1.165, 1.54) is 0 Å². The quantitative estimate of drug-likeness (QED) is 0.664. The summed E-state index contributed by atoms with van der Waals surface area (Å²) in [5.41, 5.74) is 4.81. The van der Waals surface area contributed by atoms with Crippen LogP contribution >= 0.6 is 0 Å². The van der Waals surface area contributed by atoms with Gasteiger partial charge in [-0.05, 0) is 12.8 Å². The highest BCUT2D eigenvalue weighted by Crippen LogP contribution is 2.09. The van der Waals surface area contributed by atoms with Crippen LogP contribution < -0.4 is 11.1 Å². The number of carbonyl (C=O) groups is 2. The molecule has 3 amide bonds. The number of amides is 3. The number of nitrogens with one attached hydrogen (secondary N) is 1. The van der Waals surface area contributed by atoms with Crippen molar-refractivity contribution in [2.45, 2.75) is 33.1 Å². The molecule has 0 aliphatic heterocycles. The van der Waals surface area contributed by atoms with Crippen LogP contribution in [0.5, 0.6) is 0 Å². The van der Waals surface area contributed by atoms with E-state index in [0.717, 1.165) is 19.3 Å². The van der Waals surface area contributed by atoms with Gasteiger partial charge in [-0.15, -0.1) is 0 Å². The molecule has 70 valence electrons. The van der Waals surface area contributed by atoms with Crippen LogP contribution in [0.25, 0.3) is 0 Å². The molecule has 0 fully saturated rings. The fraction of sp³-hybridized carbons (Fsp3) is 0.750. The van der Waals surface area contributed by atoms with Gasteiger partial charge in [0.1, 0.15) is 0 Å². The van der Waals surface area contributed by atoms with Crippen LogP contribution in [-0.4, -0.2) is 11.9 Å². The monoisotopic (exact) mass is 172 g/mol. The Bertz CT molecular complexity index is 168. The molecule has 3 N–H and O–H groups in total. The van der Waals surface area contributed by atoms with Crippen LogP contribution in [-0.2, 0) is 4.79 Å². The molecule has 0 saturated heterocycles. The van der Waals surface area contributed by atoms with Gasteiger partial charge in [0.2, 0.25) is 5.91 Å². The average molecular weight is 172 g/mol. The molecule has 1 atom stereocenters. The molecule has 12 heavy (non-hydrogen) atoms. The first-order valence-corrected chi connectivity index (χ1v) is 4.22. The van der Waals surface area contributed by atoms with Crippen molar-refractivity contribution in [3.05, 3.63) is 0 Å². The van der Waals surface area contributed by atoms with Crippen LogP contribution in [0.3, 0.4) is 0 Å². The van der Waals surface area contributed by atoms with Crippen molar-refractivity contribution in [2.24, 2.45) is 11.7 Å². The van der Waals surface area contributed by atoms with Gasteiger partial charge < -0.3 is 5.73 Å². The Morgan fingerprint density at radius 2 is 2.00 bits per heavy atom. The molecule has 0 bridgehead atoms. The Kier molecular flexibility index (Phi) is 5.08. The summed E-state index contributed by atoms with van der Waals surface area (Å²) < 4.78 is 0. The van der Waals surface area contributed by atoms with Gasteiger partial charge >= 0.3 is 6.03 Å². The highest BCUT2D eigenvalue weighted by molar-refractivity contribution is 5.94. The maximum atomic E-state index is 11.2. The fourth-order valence-corrected chi connectivity index (χ4v) is 1.09. The molecule has 4 heteroatoms. The van der Waals surface area contributed by atoms with E-state index in [1.54, 1.807) is 0 Å². The molecule has 0 aliphatic rings. The lowest BCUT2D eigenvalue weighted by atomic mass is 10.0. The number of carbonyl (C=O) groups excluding carboxylic acids is 2. The molecule has 0 aromatic heterocycles. The van der Waals surface area contributed by atoms with E-state index in [4.69, 9.17) is 5.73 Å². The first kappa shape index (κ1) is 10.9. The number of hydrogen-bond acceptors (Lipinski definition) is 2. The normalized spacial score (nSPS) is 12.2. The molecule has 0 rings (SSSR count). The van der Waals surface area contributed by atoms with Crippen molar-refractivity contribution < 1.29 is 9.59 Å². The summed E-state index contributed by atoms with van der Waals surface area (Å²) in [6.45, 7) is 3.92. The summed E-state index contributed by atoms with van der Waals surface area (Å²) in [6, 6.07) is -0.769. The van der Waals surface area contributed by atoms with Crippen LogP contribution in [0.4, 0.5) is 4.79 Å². The molecule has 0 aromatic carbocycles. The number of rotatable bonds is 4. The number of imide groups is 1. The van der Waals surface area contributed by atoms with E-state index in [9.17, 15) is 9.59 Å². The summed E-state index contributed by atoms with van der Waals surface area (Å²) in [6.07, 6.45) is 2.48. The molecule has 1 unspecified atom stereocenters. The van der Waals surface area contributed by atoms with Gasteiger partial charge in [0.15, 0.2) is 0 Å². The summed E-state index contributed by atoms with van der Waals surface area (Å²) in [5, 5.41) is 2.08. The minimum atomic E-state index is -0.769. The zero-order valence-corrected chi connectivity index (χ0v) is 7.59. The van der Waals surface area contributed by atoms with Gasteiger partial charge in [-0.25, -0.2) is 4.79 Å². The summed E-state index contributed by atoms with van der Waals surface area (Å²) in [4.78, 5) is 21.5. The molecule has 0 aromatic rings. The lowest BCUT2D eigenvalue weighted by molar-refractivity contribution is -0.124. The van der Waals surface area contributed by atoms with E-state index >= 15 is 0 Å². The van der Waals surface area contributed by atoms with Crippen molar-refractivity contribution >= 4 is 11.9 Å². The first-order valence-electron chi connectivity index (χ1n) is 4.22. The van der Waals surface area contributed by atoms with Gasteiger partial charge in [0.05, 0.1) is 0 Å². The van der Waals surface area contributed by atoms with Crippen LogP contribution in [0.2, 0.25) is 0 Å². The zero-order chi connectivity index (χ0) is 9.56. The van der Waals surface area contributed by atoms with Crippen LogP contribution in [0.1, 0.15) is 33.1 Å². The maximum absolute atomic E-state index is 11.2. The van der Waals surface area contributed by atoms with Gasteiger partial charge in [-0.2, -0.15) is 0 Å². The lowest BCUT2D eigenvalue weighted by Gasteiger charge is -2.11. The minimum absolute atomic E-state index is 0.0810. The summed E-state index contributed by atoms with van der Waals surface area (Å²) in [7, 11) is 0. The molecule has 0 spiro atoms. The highest BCUT2D eigenvalue weighted by Gasteiger charge is 2.15. The Morgan fingerprint density at radius 3 is 2.33 bits per heavy atom. The van der Waals surface area contributed by atoms with Crippen molar-refractivity contribution in [1.29, 1.82) is 0 Å². The number of hydrogen-bond donors (Lipinski definition) is 2. The van der Waals surface area contributed by atoms with Crippen LogP contribution in [0.15, 0.2) is 0 Å². The average Bonchev–Trinajstić information content (AvgIpc) is 1.98. The predicted octanol–water partition coefficient (Wildman–Crippen LogP) is 1.01. The van der Waals surface area contributed by atoms with Gasteiger partial charge in [-0.3, -0.25) is 10.1 Å². The molecular formula is C8H16N2O2. The molecule has 0 heterocycles. The van der Waals surface area contributed by atoms with Crippen molar-refractivity contribution in [1.82, 2.24) is 5.32 Å². The van der Waals surface area contributed by atoms with E-state index in [-0.39, 0.29) is 11.8 Å². The predicted molar refractivity (Wildman–Crippen MR) is 46.4 cm³/mol. The molecule has 0 saturated carbocycles. The highest BCUT2D eigenvalue weighted by atomic mass is 16.2. The minimum Gasteiger partial charge on any atom is -0.351 e. The second-order valence-electron chi connectivity index (χ2n) is 2.75. The Labute approximate surface area is 72.5 Å². The standard InChI is InChI=1S/C8H16N2O2/c1-3-5-6(4-2)7(11)10-8(9)12/h6H,3-5H2,1-2H3,(H3,9,10,11,12). The smallest absolute Gasteiger partial charge is 0.318 e. The second kappa shape index (κ2) is 5.57. The van der Waals surface area contributed by atoms with E-state index in [2.05, 4.69) is 5.32 Å². The fourth-order valence-electron chi connectivity index (χ4n) is 1.09. The third-order valence-corrected chi connectivity index (χ3v) is 1.75. The van der Waals surface area contributed by atoms with Gasteiger partial charge in [-0.1, -0.05) is 20.3 Å².